The van der Waals surface area contributed by atoms with E-state index in [2.05, 4.69) is 5.32 Å². The number of carbonyl (C=O) groups excluding carboxylic acids is 4. The molecule has 5 atom stereocenters. The van der Waals surface area contributed by atoms with E-state index in [1.54, 1.807) is 20.8 Å². The molecule has 0 radical (unpaired) electrons. The Labute approximate surface area is 162 Å². The number of aliphatic hydroxyl groups is 1. The Kier molecular flexibility index (Phi) is 8.18. The molecule has 1 heterocycles. The summed E-state index contributed by atoms with van der Waals surface area (Å²) in [4.78, 5) is 46.3. The first kappa shape index (κ1) is 23.6. The van der Waals surface area contributed by atoms with E-state index < -0.39 is 60.2 Å². The van der Waals surface area contributed by atoms with E-state index >= 15 is 0 Å². The van der Waals surface area contributed by atoms with Crippen LogP contribution in [0.5, 0.6) is 0 Å². The fourth-order valence-electron chi connectivity index (χ4n) is 2.52. The first-order chi connectivity index (χ1) is 12.8. The number of hydrogen-bond acceptors (Lipinski definition) is 10. The molecule has 0 aromatic rings. The molecule has 1 aliphatic heterocycles. The number of carbonyl (C=O) groups is 4. The molecule has 1 fully saturated rings. The van der Waals surface area contributed by atoms with Crippen molar-refractivity contribution in [3.8, 4) is 0 Å². The average molecular weight is 405 g/mol. The van der Waals surface area contributed by atoms with Crippen molar-refractivity contribution in [3.05, 3.63) is 0 Å². The monoisotopic (exact) mass is 405 g/mol. The molecule has 2 N–H and O–H groups in total. The number of esters is 3. The number of hydrogen-bond donors (Lipinski definition) is 2. The van der Waals surface area contributed by atoms with Gasteiger partial charge in [-0.25, -0.2) is 4.79 Å². The standard InChI is InChI=1S/C17H27NO10/c1-8(19)24-7-11-13(25-9(2)20)14(26-10(3)21)12(15(22)27-11)18-16(23)28-17(4,5)6/h11-15,22H,7H2,1-6H3,(H,18,23)/t11?,12?,13-,14-,15?/m1/s1. The van der Waals surface area contributed by atoms with Crippen molar-refractivity contribution in [2.24, 2.45) is 0 Å². The van der Waals surface area contributed by atoms with Crippen LogP contribution in [0.1, 0.15) is 41.5 Å². The Morgan fingerprint density at radius 2 is 1.50 bits per heavy atom. The maximum absolute atomic E-state index is 12.1. The lowest BCUT2D eigenvalue weighted by Gasteiger charge is -2.43. The van der Waals surface area contributed by atoms with Crippen molar-refractivity contribution in [2.45, 2.75) is 77.8 Å². The molecule has 0 bridgehead atoms. The minimum absolute atomic E-state index is 0.374. The van der Waals surface area contributed by atoms with E-state index in [1.807, 2.05) is 0 Å². The van der Waals surface area contributed by atoms with E-state index in [-0.39, 0.29) is 6.61 Å². The number of nitrogens with one attached hydrogen (secondary N) is 1. The lowest BCUT2D eigenvalue weighted by molar-refractivity contribution is -0.264. The quantitative estimate of drug-likeness (QED) is 0.474. The number of aliphatic hydroxyl groups excluding tert-OH is 1. The third kappa shape index (κ3) is 7.69. The van der Waals surface area contributed by atoms with Crippen LogP contribution < -0.4 is 5.32 Å². The predicted octanol–water partition coefficient (Wildman–Crippen LogP) is 0.0234. The van der Waals surface area contributed by atoms with Crippen molar-refractivity contribution in [1.29, 1.82) is 0 Å². The van der Waals surface area contributed by atoms with Gasteiger partial charge in [0.1, 0.15) is 24.4 Å². The molecule has 1 saturated heterocycles. The lowest BCUT2D eigenvalue weighted by Crippen LogP contribution is -2.66. The fraction of sp³-hybridized carbons (Fsp3) is 0.765. The van der Waals surface area contributed by atoms with E-state index in [0.717, 1.165) is 20.8 Å². The molecule has 11 heteroatoms. The van der Waals surface area contributed by atoms with Gasteiger partial charge in [0.15, 0.2) is 18.5 Å². The zero-order valence-corrected chi connectivity index (χ0v) is 16.7. The van der Waals surface area contributed by atoms with Crippen molar-refractivity contribution in [2.75, 3.05) is 6.61 Å². The largest absolute Gasteiger partial charge is 0.463 e. The second-order valence-corrected chi connectivity index (χ2v) is 7.19. The first-order valence-electron chi connectivity index (χ1n) is 8.61. The van der Waals surface area contributed by atoms with Gasteiger partial charge in [-0.1, -0.05) is 0 Å². The summed E-state index contributed by atoms with van der Waals surface area (Å²) in [7, 11) is 0. The van der Waals surface area contributed by atoms with E-state index in [1.165, 1.54) is 0 Å². The second kappa shape index (κ2) is 9.69. The Bertz CT molecular complexity index is 599. The molecule has 11 nitrogen and oxygen atoms in total. The van der Waals surface area contributed by atoms with Gasteiger partial charge in [0.25, 0.3) is 0 Å². The van der Waals surface area contributed by atoms with Crippen LogP contribution in [0.15, 0.2) is 0 Å². The maximum Gasteiger partial charge on any atom is 0.408 e. The lowest BCUT2D eigenvalue weighted by atomic mass is 9.96. The highest BCUT2D eigenvalue weighted by Crippen LogP contribution is 2.26. The number of rotatable bonds is 5. The van der Waals surface area contributed by atoms with Crippen LogP contribution in [0.3, 0.4) is 0 Å². The molecule has 0 aromatic heterocycles. The van der Waals surface area contributed by atoms with Gasteiger partial charge in [-0.3, -0.25) is 14.4 Å². The van der Waals surface area contributed by atoms with Gasteiger partial charge in [0, 0.05) is 20.8 Å². The van der Waals surface area contributed by atoms with Crippen molar-refractivity contribution in [3.63, 3.8) is 0 Å². The summed E-state index contributed by atoms with van der Waals surface area (Å²) < 4.78 is 25.7. The van der Waals surface area contributed by atoms with Crippen LogP contribution >= 0.6 is 0 Å². The molecule has 0 spiro atoms. The van der Waals surface area contributed by atoms with Crippen LogP contribution in [0, 0.1) is 0 Å². The van der Waals surface area contributed by atoms with Gasteiger partial charge in [0.2, 0.25) is 0 Å². The highest BCUT2D eigenvalue weighted by atomic mass is 16.7. The Morgan fingerprint density at radius 3 is 1.96 bits per heavy atom. The summed E-state index contributed by atoms with van der Waals surface area (Å²) in [5, 5.41) is 12.7. The number of amides is 1. The van der Waals surface area contributed by atoms with Gasteiger partial charge >= 0.3 is 24.0 Å². The zero-order valence-electron chi connectivity index (χ0n) is 16.7. The number of ether oxygens (including phenoxy) is 5. The summed E-state index contributed by atoms with van der Waals surface area (Å²) in [6.45, 7) is 7.94. The van der Waals surface area contributed by atoms with E-state index in [4.69, 9.17) is 23.7 Å². The molecular weight excluding hydrogens is 378 g/mol. The predicted molar refractivity (Wildman–Crippen MR) is 91.8 cm³/mol. The van der Waals surface area contributed by atoms with Crippen LogP contribution in [0.4, 0.5) is 4.79 Å². The Hall–Kier alpha value is -2.40. The third-order valence-corrected chi connectivity index (χ3v) is 3.40. The fourth-order valence-corrected chi connectivity index (χ4v) is 2.52. The van der Waals surface area contributed by atoms with E-state index in [0.29, 0.717) is 0 Å². The highest BCUT2D eigenvalue weighted by molar-refractivity contribution is 5.70. The van der Waals surface area contributed by atoms with E-state index in [9.17, 15) is 24.3 Å². The normalized spacial score (nSPS) is 27.3. The molecule has 1 rings (SSSR count). The molecule has 28 heavy (non-hydrogen) atoms. The van der Waals surface area contributed by atoms with Gasteiger partial charge in [-0.15, -0.1) is 0 Å². The summed E-state index contributed by atoms with van der Waals surface area (Å²) in [6.07, 6.45) is -6.28. The van der Waals surface area contributed by atoms with Gasteiger partial charge in [-0.2, -0.15) is 0 Å². The zero-order chi connectivity index (χ0) is 21.6. The second-order valence-electron chi connectivity index (χ2n) is 7.19. The molecular formula is C17H27NO10. The Balaban J connectivity index is 3.12. The smallest absolute Gasteiger partial charge is 0.408 e. The first-order valence-corrected chi connectivity index (χ1v) is 8.61. The molecule has 0 aromatic carbocycles. The van der Waals surface area contributed by atoms with Gasteiger partial charge < -0.3 is 34.1 Å². The van der Waals surface area contributed by atoms with Crippen molar-refractivity contribution < 1.29 is 48.0 Å². The Morgan fingerprint density at radius 1 is 0.964 bits per heavy atom. The molecule has 1 aliphatic rings. The van der Waals surface area contributed by atoms with Gasteiger partial charge in [0.05, 0.1) is 0 Å². The van der Waals surface area contributed by atoms with Crippen LogP contribution in [-0.4, -0.2) is 72.0 Å². The summed E-state index contributed by atoms with van der Waals surface area (Å²) >= 11 is 0. The van der Waals surface area contributed by atoms with Crippen LogP contribution in [-0.2, 0) is 38.1 Å². The molecule has 0 aliphatic carbocycles. The summed E-state index contributed by atoms with van der Waals surface area (Å²) in [5.74, 6) is -2.11. The molecule has 0 saturated carbocycles. The topological polar surface area (TPSA) is 147 Å². The maximum atomic E-state index is 12.1. The van der Waals surface area contributed by atoms with Crippen LogP contribution in [0.2, 0.25) is 0 Å². The molecule has 3 unspecified atom stereocenters. The minimum atomic E-state index is -1.66. The highest BCUT2D eigenvalue weighted by Gasteiger charge is 2.50. The average Bonchev–Trinajstić information content (AvgIpc) is 2.49. The summed E-state index contributed by atoms with van der Waals surface area (Å²) in [6, 6.07) is -1.31. The molecule has 1 amide bonds. The van der Waals surface area contributed by atoms with Crippen molar-refractivity contribution >= 4 is 24.0 Å². The van der Waals surface area contributed by atoms with Gasteiger partial charge in [-0.05, 0) is 20.8 Å². The molecule has 160 valence electrons. The van der Waals surface area contributed by atoms with Crippen LogP contribution in [0.25, 0.3) is 0 Å². The van der Waals surface area contributed by atoms with Crippen molar-refractivity contribution in [1.82, 2.24) is 5.32 Å². The minimum Gasteiger partial charge on any atom is -0.463 e. The SMILES string of the molecule is CC(=O)OCC1OC(O)C(NC(=O)OC(C)(C)C)[C@@H](OC(C)=O)[C@@H]1OC(C)=O. The number of alkyl carbamates (subject to hydrolysis) is 1. The summed E-state index contributed by atoms with van der Waals surface area (Å²) in [5.41, 5.74) is -0.825. The third-order valence-electron chi connectivity index (χ3n) is 3.40.